The van der Waals surface area contributed by atoms with Crippen LogP contribution < -0.4 is 5.32 Å². The van der Waals surface area contributed by atoms with Crippen molar-refractivity contribution in [2.45, 2.75) is 19.9 Å². The lowest BCUT2D eigenvalue weighted by molar-refractivity contribution is 1.04. The van der Waals surface area contributed by atoms with Crippen molar-refractivity contribution in [2.75, 3.05) is 5.32 Å². The van der Waals surface area contributed by atoms with Gasteiger partial charge in [-0.05, 0) is 51.7 Å². The van der Waals surface area contributed by atoms with E-state index in [9.17, 15) is 0 Å². The normalized spacial score (nSPS) is 10.4. The van der Waals surface area contributed by atoms with Crippen LogP contribution in [0.3, 0.4) is 0 Å². The molecule has 1 N–H and O–H groups in total. The molecular weight excluding hydrogens is 354 g/mol. The number of aryl methyl sites for hydroxylation is 1. The van der Waals surface area contributed by atoms with Gasteiger partial charge in [-0.15, -0.1) is 0 Å². The minimum atomic E-state index is 0.846. The monoisotopic (exact) mass is 367 g/mol. The first-order chi connectivity index (χ1) is 8.70. The number of hydrogen-bond donors (Lipinski definition) is 1. The third-order valence-electron chi connectivity index (χ3n) is 2.90. The van der Waals surface area contributed by atoms with E-state index in [1.165, 1.54) is 11.1 Å². The molecule has 0 fully saturated rings. The van der Waals surface area contributed by atoms with Crippen LogP contribution in [0, 0.1) is 0 Å². The zero-order chi connectivity index (χ0) is 13.0. The lowest BCUT2D eigenvalue weighted by atomic mass is 10.1. The molecule has 2 aromatic carbocycles. The summed E-state index contributed by atoms with van der Waals surface area (Å²) in [4.78, 5) is 0. The standard InChI is InChI=1S/C15H15Br2N/c1-2-11-5-3-4-6-12(11)10-18-15-9-13(16)7-8-14(15)17/h3-9,18H,2,10H2,1H3. The average molecular weight is 369 g/mol. The van der Waals surface area contributed by atoms with Crippen molar-refractivity contribution in [3.8, 4) is 0 Å². The quantitative estimate of drug-likeness (QED) is 0.763. The minimum Gasteiger partial charge on any atom is -0.380 e. The molecule has 0 aliphatic carbocycles. The largest absolute Gasteiger partial charge is 0.380 e. The lowest BCUT2D eigenvalue weighted by Gasteiger charge is -2.12. The highest BCUT2D eigenvalue weighted by Gasteiger charge is 2.03. The van der Waals surface area contributed by atoms with Crippen LogP contribution in [0.1, 0.15) is 18.1 Å². The van der Waals surface area contributed by atoms with Gasteiger partial charge < -0.3 is 5.32 Å². The van der Waals surface area contributed by atoms with E-state index in [1.807, 2.05) is 12.1 Å². The van der Waals surface area contributed by atoms with Crippen LogP contribution in [0.4, 0.5) is 5.69 Å². The molecule has 0 saturated heterocycles. The Bertz CT molecular complexity index is 538. The van der Waals surface area contributed by atoms with Gasteiger partial charge in [-0.2, -0.15) is 0 Å². The third-order valence-corrected chi connectivity index (χ3v) is 4.08. The summed E-state index contributed by atoms with van der Waals surface area (Å²) in [7, 11) is 0. The van der Waals surface area contributed by atoms with Crippen LogP contribution in [0.15, 0.2) is 51.4 Å². The van der Waals surface area contributed by atoms with Gasteiger partial charge in [0.2, 0.25) is 0 Å². The van der Waals surface area contributed by atoms with Crippen molar-refractivity contribution >= 4 is 37.5 Å². The van der Waals surface area contributed by atoms with E-state index < -0.39 is 0 Å². The fraction of sp³-hybridized carbons (Fsp3) is 0.200. The zero-order valence-corrected chi connectivity index (χ0v) is 13.4. The molecule has 2 aromatic rings. The molecular formula is C15H15Br2N. The molecule has 94 valence electrons. The van der Waals surface area contributed by atoms with Gasteiger partial charge in [0.15, 0.2) is 0 Å². The molecule has 0 amide bonds. The summed E-state index contributed by atoms with van der Waals surface area (Å²) in [5.41, 5.74) is 3.86. The topological polar surface area (TPSA) is 12.0 Å². The number of hydrogen-bond acceptors (Lipinski definition) is 1. The van der Waals surface area contributed by atoms with Gasteiger partial charge in [0.05, 0.1) is 0 Å². The van der Waals surface area contributed by atoms with Gasteiger partial charge in [0, 0.05) is 21.2 Å². The summed E-state index contributed by atoms with van der Waals surface area (Å²) in [5.74, 6) is 0. The Morgan fingerprint density at radius 2 is 1.72 bits per heavy atom. The van der Waals surface area contributed by atoms with Crippen molar-refractivity contribution < 1.29 is 0 Å². The summed E-state index contributed by atoms with van der Waals surface area (Å²) < 4.78 is 2.16. The van der Waals surface area contributed by atoms with Crippen LogP contribution >= 0.6 is 31.9 Å². The van der Waals surface area contributed by atoms with E-state index in [4.69, 9.17) is 0 Å². The van der Waals surface area contributed by atoms with E-state index in [1.54, 1.807) is 0 Å². The third kappa shape index (κ3) is 3.36. The van der Waals surface area contributed by atoms with Gasteiger partial charge in [0.1, 0.15) is 0 Å². The van der Waals surface area contributed by atoms with Crippen molar-refractivity contribution in [1.29, 1.82) is 0 Å². The first-order valence-corrected chi connectivity index (χ1v) is 7.55. The lowest BCUT2D eigenvalue weighted by Crippen LogP contribution is -2.03. The van der Waals surface area contributed by atoms with E-state index in [-0.39, 0.29) is 0 Å². The fourth-order valence-electron chi connectivity index (χ4n) is 1.90. The first-order valence-electron chi connectivity index (χ1n) is 5.96. The molecule has 0 atom stereocenters. The Labute approximate surface area is 125 Å². The molecule has 3 heteroatoms. The Balaban J connectivity index is 2.14. The van der Waals surface area contributed by atoms with Gasteiger partial charge in [-0.3, -0.25) is 0 Å². The van der Waals surface area contributed by atoms with Crippen molar-refractivity contribution in [3.63, 3.8) is 0 Å². The smallest absolute Gasteiger partial charge is 0.0498 e. The summed E-state index contributed by atoms with van der Waals surface area (Å²) in [5, 5.41) is 3.47. The number of benzene rings is 2. The Hall–Kier alpha value is -0.800. The van der Waals surface area contributed by atoms with Crippen LogP contribution in [-0.2, 0) is 13.0 Å². The van der Waals surface area contributed by atoms with Crippen LogP contribution in [-0.4, -0.2) is 0 Å². The van der Waals surface area contributed by atoms with E-state index in [2.05, 4.69) is 74.4 Å². The molecule has 0 aliphatic rings. The van der Waals surface area contributed by atoms with Crippen LogP contribution in [0.5, 0.6) is 0 Å². The maximum Gasteiger partial charge on any atom is 0.0498 e. The van der Waals surface area contributed by atoms with Crippen LogP contribution in [0.25, 0.3) is 0 Å². The summed E-state index contributed by atoms with van der Waals surface area (Å²) in [6.45, 7) is 3.03. The molecule has 0 bridgehead atoms. The molecule has 0 radical (unpaired) electrons. The Morgan fingerprint density at radius 3 is 2.44 bits per heavy atom. The maximum absolute atomic E-state index is 3.56. The Morgan fingerprint density at radius 1 is 1.00 bits per heavy atom. The van der Waals surface area contributed by atoms with Gasteiger partial charge in [-0.25, -0.2) is 0 Å². The number of anilines is 1. The van der Waals surface area contributed by atoms with Crippen LogP contribution in [0.2, 0.25) is 0 Å². The predicted molar refractivity (Wildman–Crippen MR) is 85.0 cm³/mol. The molecule has 2 rings (SSSR count). The molecule has 0 saturated carbocycles. The molecule has 0 heterocycles. The highest BCUT2D eigenvalue weighted by atomic mass is 79.9. The highest BCUT2D eigenvalue weighted by Crippen LogP contribution is 2.26. The fourth-order valence-corrected chi connectivity index (χ4v) is 2.65. The number of halogens is 2. The second-order valence-electron chi connectivity index (χ2n) is 4.10. The summed E-state index contributed by atoms with van der Waals surface area (Å²) >= 11 is 7.05. The molecule has 1 nitrogen and oxygen atoms in total. The summed E-state index contributed by atoms with van der Waals surface area (Å²) in [6.07, 6.45) is 1.07. The SMILES string of the molecule is CCc1ccccc1CNc1cc(Br)ccc1Br. The van der Waals surface area contributed by atoms with Crippen molar-refractivity contribution in [2.24, 2.45) is 0 Å². The highest BCUT2D eigenvalue weighted by molar-refractivity contribution is 9.11. The van der Waals surface area contributed by atoms with Gasteiger partial charge >= 0.3 is 0 Å². The average Bonchev–Trinajstić information content (AvgIpc) is 2.40. The molecule has 18 heavy (non-hydrogen) atoms. The van der Waals surface area contributed by atoms with Crippen molar-refractivity contribution in [1.82, 2.24) is 0 Å². The second-order valence-corrected chi connectivity index (χ2v) is 5.87. The molecule has 0 unspecified atom stereocenters. The summed E-state index contributed by atoms with van der Waals surface area (Å²) in [6, 6.07) is 14.7. The maximum atomic E-state index is 3.56. The molecule has 0 spiro atoms. The van der Waals surface area contributed by atoms with Gasteiger partial charge in [-0.1, -0.05) is 47.1 Å². The van der Waals surface area contributed by atoms with E-state index >= 15 is 0 Å². The predicted octanol–water partition coefficient (Wildman–Crippen LogP) is 5.39. The number of nitrogens with one attached hydrogen (secondary N) is 1. The number of rotatable bonds is 4. The van der Waals surface area contributed by atoms with Gasteiger partial charge in [0.25, 0.3) is 0 Å². The van der Waals surface area contributed by atoms with Crippen molar-refractivity contribution in [3.05, 3.63) is 62.5 Å². The minimum absolute atomic E-state index is 0.846. The zero-order valence-electron chi connectivity index (χ0n) is 10.2. The Kier molecular flexibility index (Phi) is 4.84. The molecule has 0 aromatic heterocycles. The van der Waals surface area contributed by atoms with E-state index in [0.717, 1.165) is 27.6 Å². The molecule has 0 aliphatic heterocycles. The van der Waals surface area contributed by atoms with E-state index in [0.29, 0.717) is 0 Å². The second kappa shape index (κ2) is 6.39. The first kappa shape index (κ1) is 13.6.